The number of aliphatic imine (C=N–C) groups is 1. The van der Waals surface area contributed by atoms with Crippen molar-refractivity contribution in [1.82, 2.24) is 43.9 Å². The third-order valence-electron chi connectivity index (χ3n) is 13.9. The summed E-state index contributed by atoms with van der Waals surface area (Å²) in [6.07, 6.45) is -5.25. The molecule has 8 heterocycles. The van der Waals surface area contributed by atoms with Gasteiger partial charge in [-0.05, 0) is 38.1 Å². The van der Waals surface area contributed by atoms with Crippen LogP contribution in [-0.2, 0) is 54.6 Å². The summed E-state index contributed by atoms with van der Waals surface area (Å²) >= 11 is 0. The highest BCUT2D eigenvalue weighted by Crippen LogP contribution is 2.41. The highest BCUT2D eigenvalue weighted by molar-refractivity contribution is 7.91. The van der Waals surface area contributed by atoms with Crippen LogP contribution in [0, 0.1) is 13.8 Å². The summed E-state index contributed by atoms with van der Waals surface area (Å²) in [6.45, 7) is 8.81. The van der Waals surface area contributed by atoms with E-state index in [2.05, 4.69) is 35.6 Å². The van der Waals surface area contributed by atoms with Gasteiger partial charge < -0.3 is 40.5 Å². The van der Waals surface area contributed by atoms with Crippen molar-refractivity contribution in [2.75, 3.05) is 132 Å². The number of fused-ring (bicyclic) bond motifs is 2. The highest BCUT2D eigenvalue weighted by atomic mass is 32.2. The second-order valence-corrected chi connectivity index (χ2v) is 24.7. The second-order valence-electron chi connectivity index (χ2n) is 20.0. The molecule has 10 rings (SSSR count). The van der Waals surface area contributed by atoms with Gasteiger partial charge in [0.05, 0.1) is 71.5 Å². The highest BCUT2D eigenvalue weighted by Gasteiger charge is 2.41. The van der Waals surface area contributed by atoms with Gasteiger partial charge in [0.1, 0.15) is 5.69 Å². The molecule has 422 valence electrons. The molecule has 4 fully saturated rings. The third-order valence-corrected chi connectivity index (χ3v) is 16.9. The van der Waals surface area contributed by atoms with Crippen LogP contribution in [0.2, 0.25) is 0 Å². The van der Waals surface area contributed by atoms with Gasteiger partial charge in [0.25, 0.3) is 0 Å². The normalized spacial score (nSPS) is 17.6. The number of aryl methyl sites for hydroxylation is 2. The molecule has 0 unspecified atom stereocenters. The first-order valence-corrected chi connectivity index (χ1v) is 28.8. The van der Waals surface area contributed by atoms with Crippen molar-refractivity contribution < 1.29 is 52.7 Å². The van der Waals surface area contributed by atoms with Gasteiger partial charge in [0.2, 0.25) is 0 Å². The molecule has 4 aromatic heterocycles. The summed E-state index contributed by atoms with van der Waals surface area (Å²) in [6, 6.07) is 11.5. The molecule has 6 aromatic rings. The Hall–Kier alpha value is -6.53. The number of nitrogens with two attached hydrogens (primary N) is 1. The lowest BCUT2D eigenvalue weighted by Crippen LogP contribution is -2.53. The number of nitrogens with one attached hydrogen (secondary N) is 2. The zero-order chi connectivity index (χ0) is 56.1. The van der Waals surface area contributed by atoms with E-state index in [-0.39, 0.29) is 61.8 Å². The van der Waals surface area contributed by atoms with Gasteiger partial charge in [0.15, 0.2) is 54.2 Å². The summed E-state index contributed by atoms with van der Waals surface area (Å²) in [5.74, 6) is 2.07. The van der Waals surface area contributed by atoms with E-state index in [9.17, 15) is 43.2 Å². The van der Waals surface area contributed by atoms with Crippen LogP contribution in [0.4, 0.5) is 72.4 Å². The molecule has 78 heavy (non-hydrogen) atoms. The van der Waals surface area contributed by atoms with E-state index >= 15 is 0 Å². The Balaban J connectivity index is 0.000000191. The lowest BCUT2D eigenvalue weighted by Gasteiger charge is -2.38. The maximum Gasteiger partial charge on any atom is 0.416 e. The minimum atomic E-state index is -4.60. The van der Waals surface area contributed by atoms with Crippen LogP contribution in [0.15, 0.2) is 53.5 Å². The number of rotatable bonds is 14. The summed E-state index contributed by atoms with van der Waals surface area (Å²) in [4.78, 5) is 23.0. The number of hydrogen-bond acceptors (Lipinski definition) is 18. The Kier molecular flexibility index (Phi) is 15.8. The summed E-state index contributed by atoms with van der Waals surface area (Å²) in [7, 11) is -2.82. The molecule has 4 aliphatic rings. The topological polar surface area (TPSA) is 226 Å². The third kappa shape index (κ3) is 12.3. The summed E-state index contributed by atoms with van der Waals surface area (Å²) < 4.78 is 146. The lowest BCUT2D eigenvalue weighted by atomic mass is 10.0. The number of sulfone groups is 2. The number of morpholine rings is 2. The Labute approximate surface area is 446 Å². The van der Waals surface area contributed by atoms with Crippen LogP contribution < -0.4 is 26.2 Å². The number of nitrogen functional groups attached to an aromatic ring is 1. The average molecular weight is 1130 g/mol. The number of likely N-dealkylation sites (tertiary alicyclic amines) is 2. The van der Waals surface area contributed by atoms with Crippen LogP contribution in [0.5, 0.6) is 0 Å². The molecule has 0 atom stereocenters. The van der Waals surface area contributed by atoms with Crippen LogP contribution in [0.25, 0.3) is 11.3 Å². The number of halogens is 6. The fraction of sp³-hybridized carbons (Fsp3) is 0.490. The fourth-order valence-corrected chi connectivity index (χ4v) is 11.4. The molecule has 2 aromatic carbocycles. The van der Waals surface area contributed by atoms with Crippen molar-refractivity contribution in [2.24, 2.45) is 4.99 Å². The number of anilines is 7. The van der Waals surface area contributed by atoms with Gasteiger partial charge in [-0.2, -0.15) is 35.4 Å². The first-order chi connectivity index (χ1) is 36.7. The van der Waals surface area contributed by atoms with Crippen LogP contribution >= 0.6 is 0 Å². The maximum absolute atomic E-state index is 14.1. The molecule has 4 aliphatic heterocycles. The molecule has 0 bridgehead atoms. The first-order valence-electron chi connectivity index (χ1n) is 24.9. The van der Waals surface area contributed by atoms with E-state index in [1.165, 1.54) is 16.6 Å². The number of imidazole rings is 2. The van der Waals surface area contributed by atoms with Gasteiger partial charge >= 0.3 is 12.4 Å². The molecular formula is C49H61F6N15O6S2. The number of aromatic nitrogens is 6. The van der Waals surface area contributed by atoms with E-state index in [0.717, 1.165) is 24.6 Å². The minimum absolute atomic E-state index is 0.0219. The zero-order valence-corrected chi connectivity index (χ0v) is 45.4. The number of hydrogen-bond donors (Lipinski definition) is 3. The molecule has 4 N–H and O–H groups in total. The van der Waals surface area contributed by atoms with E-state index in [1.54, 1.807) is 57.6 Å². The predicted molar refractivity (Wildman–Crippen MR) is 285 cm³/mol. The molecule has 21 nitrogen and oxygen atoms in total. The fourth-order valence-electron chi connectivity index (χ4n) is 9.52. The zero-order valence-electron chi connectivity index (χ0n) is 43.7. The number of ether oxygens (including phenoxy) is 2. The molecule has 0 amide bonds. The smallest absolute Gasteiger partial charge is 0.396 e. The van der Waals surface area contributed by atoms with Crippen LogP contribution in [0.1, 0.15) is 33.6 Å². The van der Waals surface area contributed by atoms with Gasteiger partial charge in [-0.3, -0.25) is 9.80 Å². The number of alkyl halides is 6. The summed E-state index contributed by atoms with van der Waals surface area (Å²) in [5, 5.41) is 14.6. The van der Waals surface area contributed by atoms with Crippen molar-refractivity contribution in [1.29, 1.82) is 0 Å². The standard InChI is InChI=1S/C26H33F3N8O3S.C23H28F3N7O3S/c1-17-24(37-25(31-17)22(30-16-34(2)3)12-23(33-37)36-8-10-40-11-9-36)32-21-7-5-6-20(26(27,28)29)19(21)15-35-13-18(14-35)41(4,38)39;1-14-21(33-22(28-14)18(27)10-20(30-33)32-6-8-36-9-7-32)29-19-5-3-4-17(23(24,25)26)16(19)13-31-11-15(12-31)37(2,34)35/h5-7,12,16,18,32H,8-11,13-15H2,1-4H3;3-5,10,15,29H,6-9,11-13,27H2,1-2H3. The first kappa shape index (κ1) is 56.2. The van der Waals surface area contributed by atoms with Crippen molar-refractivity contribution in [3.05, 3.63) is 82.2 Å². The molecule has 0 spiro atoms. The predicted octanol–water partition coefficient (Wildman–Crippen LogP) is 5.53. The van der Waals surface area contributed by atoms with Crippen molar-refractivity contribution in [3.8, 4) is 0 Å². The average Bonchev–Trinajstić information content (AvgIpc) is 3.92. The number of nitrogens with zero attached hydrogens (tertiary/aromatic N) is 12. The molecule has 4 saturated heterocycles. The largest absolute Gasteiger partial charge is 0.416 e. The van der Waals surface area contributed by atoms with E-state index in [1.807, 2.05) is 25.1 Å². The monoisotopic (exact) mass is 1130 g/mol. The lowest BCUT2D eigenvalue weighted by molar-refractivity contribution is -0.139. The van der Waals surface area contributed by atoms with Crippen LogP contribution in [0.3, 0.4) is 0 Å². The number of benzene rings is 2. The van der Waals surface area contributed by atoms with E-state index in [4.69, 9.17) is 20.3 Å². The molecule has 0 saturated carbocycles. The Morgan fingerprint density at radius 1 is 0.679 bits per heavy atom. The van der Waals surface area contributed by atoms with E-state index < -0.39 is 53.7 Å². The van der Waals surface area contributed by atoms with Crippen molar-refractivity contribution >= 4 is 83.3 Å². The van der Waals surface area contributed by atoms with Gasteiger partial charge in [0, 0.05) is 127 Å². The molecule has 0 radical (unpaired) electrons. The minimum Gasteiger partial charge on any atom is -0.396 e. The second kappa shape index (κ2) is 22.0. The van der Waals surface area contributed by atoms with Gasteiger partial charge in [-0.1, -0.05) is 12.1 Å². The van der Waals surface area contributed by atoms with Gasteiger partial charge in [-0.15, -0.1) is 10.2 Å². The molecule has 29 heteroatoms. The van der Waals surface area contributed by atoms with Crippen LogP contribution in [-0.4, -0.2) is 183 Å². The van der Waals surface area contributed by atoms with E-state index in [0.29, 0.717) is 110 Å². The van der Waals surface area contributed by atoms with Crippen molar-refractivity contribution in [3.63, 3.8) is 0 Å². The summed E-state index contributed by atoms with van der Waals surface area (Å²) in [5.41, 5.74) is 8.07. The SMILES string of the molecule is Cc1nc2c(N)cc(N3CCOCC3)nn2c1Nc1cccc(C(F)(F)F)c1CN1CC(S(C)(=O)=O)C1.Cc1nc2c(N=CN(C)C)cc(N3CCOCC3)nn2c1Nc1cccc(C(F)(F)F)c1CN1CC(S(C)(=O)=O)C1. The van der Waals surface area contributed by atoms with Crippen molar-refractivity contribution in [2.45, 2.75) is 49.8 Å². The Bertz CT molecular complexity index is 3440. The maximum atomic E-state index is 14.1. The Morgan fingerprint density at radius 3 is 1.50 bits per heavy atom. The molecule has 0 aliphatic carbocycles. The molecular weight excluding hydrogens is 1070 g/mol. The quantitative estimate of drug-likeness (QED) is 0.0692. The van der Waals surface area contributed by atoms with Gasteiger partial charge in [-0.25, -0.2) is 31.8 Å². The Morgan fingerprint density at radius 2 is 1.09 bits per heavy atom.